The van der Waals surface area contributed by atoms with Crippen molar-refractivity contribution in [2.75, 3.05) is 10.0 Å². The average molecular weight is 379 g/mol. The first-order chi connectivity index (χ1) is 12.9. The van der Waals surface area contributed by atoms with Crippen LogP contribution in [0, 0.1) is 25.2 Å². The van der Waals surface area contributed by atoms with E-state index in [4.69, 9.17) is 5.26 Å². The van der Waals surface area contributed by atoms with Crippen LogP contribution in [0.2, 0.25) is 0 Å². The fraction of sp³-hybridized carbons (Fsp3) is 0.105. The maximum atomic E-state index is 12.6. The lowest BCUT2D eigenvalue weighted by atomic mass is 10.2. The van der Waals surface area contributed by atoms with Crippen molar-refractivity contribution in [1.29, 1.82) is 5.26 Å². The Balaban J connectivity index is 1.78. The van der Waals surface area contributed by atoms with E-state index in [0.717, 1.165) is 5.56 Å². The van der Waals surface area contributed by atoms with Gasteiger partial charge in [-0.3, -0.25) is 4.72 Å². The number of hydrogen-bond donors (Lipinski definition) is 2. The molecular weight excluding hydrogens is 362 g/mol. The molecule has 0 spiro atoms. The van der Waals surface area contributed by atoms with E-state index >= 15 is 0 Å². The highest BCUT2D eigenvalue weighted by Crippen LogP contribution is 2.21. The fourth-order valence-electron chi connectivity index (χ4n) is 2.57. The lowest BCUT2D eigenvalue weighted by molar-refractivity contribution is 0.600. The molecule has 1 aromatic heterocycles. The zero-order valence-corrected chi connectivity index (χ0v) is 15.6. The van der Waals surface area contributed by atoms with Gasteiger partial charge in [-0.05, 0) is 49.7 Å². The number of para-hydroxylation sites is 1. The monoisotopic (exact) mass is 379 g/mol. The van der Waals surface area contributed by atoms with Crippen molar-refractivity contribution in [3.63, 3.8) is 0 Å². The molecule has 1 heterocycles. The van der Waals surface area contributed by atoms with Crippen LogP contribution in [0.3, 0.4) is 0 Å². The average Bonchev–Trinajstić information content (AvgIpc) is 2.63. The third-order valence-electron chi connectivity index (χ3n) is 3.83. The minimum absolute atomic E-state index is 0.106. The van der Waals surface area contributed by atoms with Gasteiger partial charge in [0.05, 0.1) is 16.1 Å². The van der Waals surface area contributed by atoms with Gasteiger partial charge in [-0.25, -0.2) is 8.42 Å². The van der Waals surface area contributed by atoms with Gasteiger partial charge in [0.1, 0.15) is 6.07 Å². The highest BCUT2D eigenvalue weighted by molar-refractivity contribution is 7.92. The molecule has 0 saturated heterocycles. The number of anilines is 3. The Morgan fingerprint density at radius 3 is 2.33 bits per heavy atom. The smallest absolute Gasteiger partial charge is 0.263 e. The molecule has 2 N–H and O–H groups in total. The number of rotatable bonds is 5. The zero-order valence-electron chi connectivity index (χ0n) is 14.8. The standard InChI is InChI=1S/C19H17N5O2S/c1-13-7-8-17(14(2)11-13)27(25,26)24-19-10-9-18(22-23-19)21-16-6-4-3-5-15(16)12-20/h3-11H,1-2H3,(H,21,22)(H,23,24). The molecule has 0 radical (unpaired) electrons. The molecule has 2 aromatic carbocycles. The Morgan fingerprint density at radius 2 is 1.67 bits per heavy atom. The first-order valence-electron chi connectivity index (χ1n) is 8.09. The minimum atomic E-state index is -3.76. The molecule has 3 aromatic rings. The highest BCUT2D eigenvalue weighted by Gasteiger charge is 2.17. The van der Waals surface area contributed by atoms with Crippen molar-refractivity contribution < 1.29 is 8.42 Å². The van der Waals surface area contributed by atoms with Crippen molar-refractivity contribution in [3.05, 3.63) is 71.3 Å². The van der Waals surface area contributed by atoms with Crippen LogP contribution in [0.4, 0.5) is 17.3 Å². The lowest BCUT2D eigenvalue weighted by Gasteiger charge is -2.11. The molecule has 136 valence electrons. The van der Waals surface area contributed by atoms with Gasteiger partial charge in [0.2, 0.25) is 0 Å². The second-order valence-corrected chi connectivity index (χ2v) is 7.61. The first kappa shape index (κ1) is 18.4. The number of sulfonamides is 1. The molecule has 0 bridgehead atoms. The van der Waals surface area contributed by atoms with Crippen LogP contribution in [0.1, 0.15) is 16.7 Å². The van der Waals surface area contributed by atoms with Gasteiger partial charge < -0.3 is 5.32 Å². The largest absolute Gasteiger partial charge is 0.338 e. The van der Waals surface area contributed by atoms with Crippen LogP contribution in [-0.4, -0.2) is 18.6 Å². The predicted octanol–water partition coefficient (Wildman–Crippen LogP) is 3.51. The third kappa shape index (κ3) is 4.22. The highest BCUT2D eigenvalue weighted by atomic mass is 32.2. The maximum Gasteiger partial charge on any atom is 0.263 e. The number of benzene rings is 2. The van der Waals surface area contributed by atoms with Crippen molar-refractivity contribution in [1.82, 2.24) is 10.2 Å². The number of aryl methyl sites for hydroxylation is 2. The van der Waals surface area contributed by atoms with Crippen molar-refractivity contribution in [3.8, 4) is 6.07 Å². The summed E-state index contributed by atoms with van der Waals surface area (Å²) in [6.07, 6.45) is 0. The molecule has 0 amide bonds. The number of nitrogens with one attached hydrogen (secondary N) is 2. The normalized spacial score (nSPS) is 10.9. The van der Waals surface area contributed by atoms with Crippen molar-refractivity contribution in [2.45, 2.75) is 18.7 Å². The van der Waals surface area contributed by atoms with Gasteiger partial charge in [-0.2, -0.15) is 5.26 Å². The van der Waals surface area contributed by atoms with Gasteiger partial charge >= 0.3 is 0 Å². The number of nitrogens with zero attached hydrogens (tertiary/aromatic N) is 3. The maximum absolute atomic E-state index is 12.6. The molecule has 8 heteroatoms. The van der Waals surface area contributed by atoms with Gasteiger partial charge in [-0.1, -0.05) is 29.8 Å². The van der Waals surface area contributed by atoms with E-state index in [9.17, 15) is 8.42 Å². The van der Waals surface area contributed by atoms with Crippen LogP contribution < -0.4 is 10.0 Å². The molecule has 7 nitrogen and oxygen atoms in total. The fourth-order valence-corrected chi connectivity index (χ4v) is 3.80. The van der Waals surface area contributed by atoms with E-state index in [1.54, 1.807) is 55.5 Å². The Labute approximate surface area is 157 Å². The topological polar surface area (TPSA) is 108 Å². The lowest BCUT2D eigenvalue weighted by Crippen LogP contribution is -2.15. The summed E-state index contributed by atoms with van der Waals surface area (Å²) in [5.41, 5.74) is 2.71. The summed E-state index contributed by atoms with van der Waals surface area (Å²) in [7, 11) is -3.76. The third-order valence-corrected chi connectivity index (χ3v) is 5.35. The summed E-state index contributed by atoms with van der Waals surface area (Å²) in [6.45, 7) is 3.64. The molecule has 0 aliphatic rings. The second kappa shape index (κ2) is 7.43. The zero-order chi connectivity index (χ0) is 19.4. The summed E-state index contributed by atoms with van der Waals surface area (Å²) in [5.74, 6) is 0.501. The summed E-state index contributed by atoms with van der Waals surface area (Å²) in [6, 6.07) is 17.3. The van der Waals surface area contributed by atoms with Crippen molar-refractivity contribution in [2.24, 2.45) is 0 Å². The molecule has 0 aliphatic heterocycles. The number of hydrogen-bond acceptors (Lipinski definition) is 6. The van der Waals surface area contributed by atoms with Crippen LogP contribution in [-0.2, 0) is 10.0 Å². The van der Waals surface area contributed by atoms with E-state index in [-0.39, 0.29) is 10.7 Å². The SMILES string of the molecule is Cc1ccc(S(=O)(=O)Nc2ccc(Nc3ccccc3C#N)nn2)c(C)c1. The van der Waals surface area contributed by atoms with Gasteiger partial charge in [0.25, 0.3) is 10.0 Å². The predicted molar refractivity (Wildman–Crippen MR) is 103 cm³/mol. The molecule has 0 atom stereocenters. The molecule has 0 aliphatic carbocycles. The molecule has 27 heavy (non-hydrogen) atoms. The Hall–Kier alpha value is -3.44. The van der Waals surface area contributed by atoms with Gasteiger partial charge in [-0.15, -0.1) is 10.2 Å². The molecular formula is C19H17N5O2S. The van der Waals surface area contributed by atoms with Crippen LogP contribution in [0.15, 0.2) is 59.5 Å². The number of nitriles is 1. The molecule has 0 saturated carbocycles. The minimum Gasteiger partial charge on any atom is -0.338 e. The van der Waals surface area contributed by atoms with Crippen LogP contribution in [0.5, 0.6) is 0 Å². The molecule has 3 rings (SSSR count). The summed E-state index contributed by atoms with van der Waals surface area (Å²) < 4.78 is 27.6. The summed E-state index contributed by atoms with van der Waals surface area (Å²) in [5, 5.41) is 20.0. The van der Waals surface area contributed by atoms with Gasteiger partial charge in [0.15, 0.2) is 11.6 Å². The van der Waals surface area contributed by atoms with Crippen LogP contribution >= 0.6 is 0 Å². The van der Waals surface area contributed by atoms with E-state index in [1.807, 2.05) is 6.92 Å². The van der Waals surface area contributed by atoms with E-state index in [0.29, 0.717) is 22.6 Å². The Morgan fingerprint density at radius 1 is 0.963 bits per heavy atom. The summed E-state index contributed by atoms with van der Waals surface area (Å²) >= 11 is 0. The van der Waals surface area contributed by atoms with Gasteiger partial charge in [0, 0.05) is 0 Å². The van der Waals surface area contributed by atoms with Crippen molar-refractivity contribution >= 4 is 27.3 Å². The Kier molecular flexibility index (Phi) is 5.05. The molecule has 0 fully saturated rings. The summed E-state index contributed by atoms with van der Waals surface area (Å²) in [4.78, 5) is 0.194. The molecule has 0 unspecified atom stereocenters. The quantitative estimate of drug-likeness (QED) is 0.702. The second-order valence-electron chi connectivity index (χ2n) is 5.96. The first-order valence-corrected chi connectivity index (χ1v) is 9.57. The van der Waals surface area contributed by atoms with E-state index in [2.05, 4.69) is 26.3 Å². The number of aromatic nitrogens is 2. The Bertz CT molecular complexity index is 1120. The van der Waals surface area contributed by atoms with E-state index in [1.165, 1.54) is 6.07 Å². The van der Waals surface area contributed by atoms with Crippen LogP contribution in [0.25, 0.3) is 0 Å². The van der Waals surface area contributed by atoms with E-state index < -0.39 is 10.0 Å².